The first kappa shape index (κ1) is 21.1. The summed E-state index contributed by atoms with van der Waals surface area (Å²) in [6.07, 6.45) is 1.70. The van der Waals surface area contributed by atoms with E-state index >= 15 is 0 Å². The van der Waals surface area contributed by atoms with Crippen LogP contribution in [0.25, 0.3) is 22.7 Å². The normalized spacial score (nSPS) is 11.5. The Bertz CT molecular complexity index is 1330. The molecule has 0 unspecified atom stereocenters. The van der Waals surface area contributed by atoms with Gasteiger partial charge >= 0.3 is 0 Å². The van der Waals surface area contributed by atoms with Gasteiger partial charge in [-0.3, -0.25) is 0 Å². The standard InChI is InChI=1S/C24H16BrClFN3O/c1-14-6-7-21-22(8-14)30-24(29-21)17(12-28)9-15-10-18(25)23(19(26)11-15)31-13-16-4-2-3-5-20(16)27/h2-11H,13H2,1H3,(H,29,30). The highest BCUT2D eigenvalue weighted by molar-refractivity contribution is 9.10. The zero-order chi connectivity index (χ0) is 22.0. The lowest BCUT2D eigenvalue weighted by molar-refractivity contribution is 0.298. The third-order valence-corrected chi connectivity index (χ3v) is 5.54. The molecule has 1 aromatic heterocycles. The van der Waals surface area contributed by atoms with E-state index < -0.39 is 0 Å². The number of aromatic amines is 1. The van der Waals surface area contributed by atoms with Gasteiger partial charge in [0.05, 0.1) is 26.1 Å². The Balaban J connectivity index is 1.62. The van der Waals surface area contributed by atoms with E-state index in [1.165, 1.54) is 6.07 Å². The summed E-state index contributed by atoms with van der Waals surface area (Å²) in [5.74, 6) is 0.545. The van der Waals surface area contributed by atoms with Gasteiger partial charge < -0.3 is 9.72 Å². The highest BCUT2D eigenvalue weighted by Gasteiger charge is 2.13. The van der Waals surface area contributed by atoms with Crippen LogP contribution in [0, 0.1) is 24.1 Å². The van der Waals surface area contributed by atoms with E-state index in [0.717, 1.165) is 16.6 Å². The average Bonchev–Trinajstić information content (AvgIpc) is 3.15. The third-order valence-electron chi connectivity index (χ3n) is 4.67. The third kappa shape index (κ3) is 4.63. The van der Waals surface area contributed by atoms with Crippen molar-refractivity contribution < 1.29 is 9.13 Å². The Hall–Kier alpha value is -3.14. The van der Waals surface area contributed by atoms with Gasteiger partial charge in [0.1, 0.15) is 24.3 Å². The summed E-state index contributed by atoms with van der Waals surface area (Å²) in [5, 5.41) is 10.0. The summed E-state index contributed by atoms with van der Waals surface area (Å²) in [7, 11) is 0. The molecule has 0 spiro atoms. The van der Waals surface area contributed by atoms with Gasteiger partial charge in [0, 0.05) is 5.56 Å². The van der Waals surface area contributed by atoms with Crippen LogP contribution < -0.4 is 4.74 Å². The van der Waals surface area contributed by atoms with E-state index in [2.05, 4.69) is 32.0 Å². The average molecular weight is 497 g/mol. The number of benzene rings is 3. The first-order valence-electron chi connectivity index (χ1n) is 9.38. The molecule has 0 amide bonds. The predicted molar refractivity (Wildman–Crippen MR) is 124 cm³/mol. The van der Waals surface area contributed by atoms with E-state index in [1.807, 2.05) is 25.1 Å². The molecule has 0 fully saturated rings. The van der Waals surface area contributed by atoms with Crippen molar-refractivity contribution >= 4 is 50.2 Å². The number of rotatable bonds is 5. The molecule has 0 aliphatic rings. The molecule has 4 nitrogen and oxygen atoms in total. The minimum Gasteiger partial charge on any atom is -0.486 e. The van der Waals surface area contributed by atoms with E-state index in [-0.39, 0.29) is 12.4 Å². The van der Waals surface area contributed by atoms with Gasteiger partial charge in [0.15, 0.2) is 5.75 Å². The minimum atomic E-state index is -0.339. The lowest BCUT2D eigenvalue weighted by Crippen LogP contribution is -1.99. The van der Waals surface area contributed by atoms with Crippen molar-refractivity contribution in [3.63, 3.8) is 0 Å². The summed E-state index contributed by atoms with van der Waals surface area (Å²) in [4.78, 5) is 7.69. The predicted octanol–water partition coefficient (Wildman–Crippen LogP) is 7.07. The minimum absolute atomic E-state index is 0.0437. The monoisotopic (exact) mass is 495 g/mol. The number of nitriles is 1. The van der Waals surface area contributed by atoms with Crippen molar-refractivity contribution in [2.45, 2.75) is 13.5 Å². The topological polar surface area (TPSA) is 61.7 Å². The van der Waals surface area contributed by atoms with Gasteiger partial charge in [-0.05, 0) is 70.4 Å². The Morgan fingerprint density at radius 1 is 1.26 bits per heavy atom. The first-order chi connectivity index (χ1) is 14.9. The van der Waals surface area contributed by atoms with Gasteiger partial charge in [-0.2, -0.15) is 5.26 Å². The van der Waals surface area contributed by atoms with Gasteiger partial charge in [0.25, 0.3) is 0 Å². The molecule has 7 heteroatoms. The zero-order valence-corrected chi connectivity index (χ0v) is 18.8. The number of aromatic nitrogens is 2. The Morgan fingerprint density at radius 2 is 2.06 bits per heavy atom. The zero-order valence-electron chi connectivity index (χ0n) is 16.4. The first-order valence-corrected chi connectivity index (χ1v) is 10.6. The molecule has 0 saturated carbocycles. The Kier molecular flexibility index (Phi) is 6.08. The van der Waals surface area contributed by atoms with Crippen LogP contribution in [-0.2, 0) is 6.61 Å². The number of halogens is 3. The molecule has 1 heterocycles. The number of nitrogens with one attached hydrogen (secondary N) is 1. The number of aryl methyl sites for hydroxylation is 1. The number of imidazole rings is 1. The van der Waals surface area contributed by atoms with Gasteiger partial charge in [-0.1, -0.05) is 35.9 Å². The molecule has 0 bridgehead atoms. The smallest absolute Gasteiger partial charge is 0.152 e. The fraction of sp³-hybridized carbons (Fsp3) is 0.0833. The molecule has 154 valence electrons. The SMILES string of the molecule is Cc1ccc2nc(C(C#N)=Cc3cc(Cl)c(OCc4ccccc4F)c(Br)c3)[nH]c2c1. The number of H-pyrrole nitrogens is 1. The Labute approximate surface area is 192 Å². The molecule has 0 aliphatic heterocycles. The van der Waals surface area contributed by atoms with E-state index in [4.69, 9.17) is 16.3 Å². The maximum Gasteiger partial charge on any atom is 0.152 e. The second-order valence-electron chi connectivity index (χ2n) is 6.97. The van der Waals surface area contributed by atoms with Crippen LogP contribution in [0.2, 0.25) is 5.02 Å². The van der Waals surface area contributed by atoms with Crippen molar-refractivity contribution in [1.29, 1.82) is 5.26 Å². The maximum atomic E-state index is 13.8. The number of allylic oxidation sites excluding steroid dienone is 1. The van der Waals surface area contributed by atoms with Crippen LogP contribution in [0.1, 0.15) is 22.5 Å². The molecular weight excluding hydrogens is 481 g/mol. The summed E-state index contributed by atoms with van der Waals surface area (Å²) in [5.41, 5.74) is 4.26. The van der Waals surface area contributed by atoms with Crippen molar-refractivity contribution in [2.75, 3.05) is 0 Å². The molecule has 0 atom stereocenters. The van der Waals surface area contributed by atoms with Crippen LogP contribution >= 0.6 is 27.5 Å². The summed E-state index contributed by atoms with van der Waals surface area (Å²) in [6, 6.07) is 17.9. The fourth-order valence-electron chi connectivity index (χ4n) is 3.14. The fourth-order valence-corrected chi connectivity index (χ4v) is 4.13. The molecule has 3 aromatic carbocycles. The van der Waals surface area contributed by atoms with Crippen molar-refractivity contribution in [3.05, 3.63) is 92.4 Å². The number of ether oxygens (including phenoxy) is 1. The second kappa shape index (κ2) is 8.93. The number of hydrogen-bond donors (Lipinski definition) is 1. The molecule has 4 rings (SSSR count). The van der Waals surface area contributed by atoms with Crippen molar-refractivity contribution in [2.24, 2.45) is 0 Å². The molecule has 31 heavy (non-hydrogen) atoms. The molecule has 0 radical (unpaired) electrons. The molecule has 0 aliphatic carbocycles. The van der Waals surface area contributed by atoms with E-state index in [0.29, 0.717) is 37.8 Å². The molecule has 1 N–H and O–H groups in total. The maximum absolute atomic E-state index is 13.8. The van der Waals surface area contributed by atoms with E-state index in [9.17, 15) is 9.65 Å². The largest absolute Gasteiger partial charge is 0.486 e. The van der Waals surface area contributed by atoms with Gasteiger partial charge in [-0.25, -0.2) is 9.37 Å². The molecule has 0 saturated heterocycles. The quantitative estimate of drug-likeness (QED) is 0.301. The van der Waals surface area contributed by atoms with Gasteiger partial charge in [-0.15, -0.1) is 0 Å². The molecular formula is C24H16BrClFN3O. The highest BCUT2D eigenvalue weighted by Crippen LogP contribution is 2.36. The van der Waals surface area contributed by atoms with Crippen LogP contribution in [-0.4, -0.2) is 9.97 Å². The van der Waals surface area contributed by atoms with Crippen molar-refractivity contribution in [1.82, 2.24) is 9.97 Å². The lowest BCUT2D eigenvalue weighted by Gasteiger charge is -2.12. The number of hydrogen-bond acceptors (Lipinski definition) is 3. The van der Waals surface area contributed by atoms with Crippen LogP contribution in [0.4, 0.5) is 4.39 Å². The summed E-state index contributed by atoms with van der Waals surface area (Å²) >= 11 is 9.87. The van der Waals surface area contributed by atoms with Crippen LogP contribution in [0.5, 0.6) is 5.75 Å². The van der Waals surface area contributed by atoms with Crippen LogP contribution in [0.15, 0.2) is 59.1 Å². The second-order valence-corrected chi connectivity index (χ2v) is 8.23. The van der Waals surface area contributed by atoms with E-state index in [1.54, 1.807) is 36.4 Å². The summed E-state index contributed by atoms with van der Waals surface area (Å²) in [6.45, 7) is 2.04. The molecule has 4 aromatic rings. The number of nitrogens with zero attached hydrogens (tertiary/aromatic N) is 2. The van der Waals surface area contributed by atoms with Crippen LogP contribution in [0.3, 0.4) is 0 Å². The lowest BCUT2D eigenvalue weighted by atomic mass is 10.1. The highest BCUT2D eigenvalue weighted by atomic mass is 79.9. The summed E-state index contributed by atoms with van der Waals surface area (Å²) < 4.78 is 20.2. The van der Waals surface area contributed by atoms with Crippen molar-refractivity contribution in [3.8, 4) is 11.8 Å². The van der Waals surface area contributed by atoms with Gasteiger partial charge in [0.2, 0.25) is 0 Å². The Morgan fingerprint density at radius 3 is 2.81 bits per heavy atom. The number of fused-ring (bicyclic) bond motifs is 1.